The Balaban J connectivity index is 2.41. The lowest BCUT2D eigenvalue weighted by atomic mass is 10.1. The molecule has 2 aromatic carbocycles. The third-order valence-electron chi connectivity index (χ3n) is 3.52. The van der Waals surface area contributed by atoms with Crippen molar-refractivity contribution in [3.05, 3.63) is 58.1 Å². The SMILES string of the molecule is CCOc1ccc(Cl)cc1C(=O)Nc1cc(C(=O)OC)cc(C(=O)OC)c1. The molecule has 8 heteroatoms. The van der Waals surface area contributed by atoms with Crippen LogP contribution in [0.25, 0.3) is 0 Å². The van der Waals surface area contributed by atoms with Gasteiger partial charge in [-0.25, -0.2) is 9.59 Å². The number of anilines is 1. The molecular formula is C19H18ClNO6. The quantitative estimate of drug-likeness (QED) is 0.757. The van der Waals surface area contributed by atoms with Gasteiger partial charge in [0, 0.05) is 10.7 Å². The van der Waals surface area contributed by atoms with Gasteiger partial charge in [0.2, 0.25) is 0 Å². The van der Waals surface area contributed by atoms with Crippen molar-refractivity contribution >= 4 is 35.1 Å². The van der Waals surface area contributed by atoms with Gasteiger partial charge in [0.05, 0.1) is 37.5 Å². The lowest BCUT2D eigenvalue weighted by Crippen LogP contribution is -2.15. The molecule has 0 unspecified atom stereocenters. The van der Waals surface area contributed by atoms with Crippen LogP contribution in [0, 0.1) is 0 Å². The van der Waals surface area contributed by atoms with E-state index in [1.54, 1.807) is 19.1 Å². The van der Waals surface area contributed by atoms with Crippen LogP contribution in [0.3, 0.4) is 0 Å². The molecule has 7 nitrogen and oxygen atoms in total. The highest BCUT2D eigenvalue weighted by molar-refractivity contribution is 6.31. The summed E-state index contributed by atoms with van der Waals surface area (Å²) < 4.78 is 14.8. The molecule has 27 heavy (non-hydrogen) atoms. The summed E-state index contributed by atoms with van der Waals surface area (Å²) in [5.41, 5.74) is 0.608. The van der Waals surface area contributed by atoms with Gasteiger partial charge in [0.1, 0.15) is 5.75 Å². The van der Waals surface area contributed by atoms with Gasteiger partial charge >= 0.3 is 11.9 Å². The molecule has 0 aliphatic carbocycles. The van der Waals surface area contributed by atoms with Gasteiger partial charge in [-0.05, 0) is 43.3 Å². The fraction of sp³-hybridized carbons (Fsp3) is 0.211. The van der Waals surface area contributed by atoms with Gasteiger partial charge in [-0.2, -0.15) is 0 Å². The molecule has 0 saturated carbocycles. The number of hydrogen-bond donors (Lipinski definition) is 1. The monoisotopic (exact) mass is 391 g/mol. The Kier molecular flexibility index (Phi) is 6.79. The number of halogens is 1. The number of carbonyl (C=O) groups excluding carboxylic acids is 3. The molecule has 142 valence electrons. The summed E-state index contributed by atoms with van der Waals surface area (Å²) in [5, 5.41) is 2.99. The van der Waals surface area contributed by atoms with E-state index in [2.05, 4.69) is 14.8 Å². The number of benzene rings is 2. The van der Waals surface area contributed by atoms with Crippen LogP contribution in [0.5, 0.6) is 5.75 Å². The van der Waals surface area contributed by atoms with E-state index in [1.807, 2.05) is 0 Å². The first kappa shape index (κ1) is 20.3. The minimum absolute atomic E-state index is 0.0897. The highest BCUT2D eigenvalue weighted by Crippen LogP contribution is 2.25. The lowest BCUT2D eigenvalue weighted by Gasteiger charge is -2.12. The Labute approximate surface area is 161 Å². The van der Waals surface area contributed by atoms with Crippen molar-refractivity contribution < 1.29 is 28.6 Å². The standard InChI is InChI=1S/C19H18ClNO6/c1-4-27-16-6-5-13(20)10-15(16)17(22)21-14-8-11(18(23)25-2)7-12(9-14)19(24)26-3/h5-10H,4H2,1-3H3,(H,21,22). The van der Waals surface area contributed by atoms with Crippen molar-refractivity contribution in [2.45, 2.75) is 6.92 Å². The zero-order valence-electron chi connectivity index (χ0n) is 15.0. The fourth-order valence-electron chi connectivity index (χ4n) is 2.33. The number of rotatable bonds is 6. The van der Waals surface area contributed by atoms with Crippen molar-refractivity contribution in [1.82, 2.24) is 0 Å². The van der Waals surface area contributed by atoms with Gasteiger partial charge in [-0.3, -0.25) is 4.79 Å². The van der Waals surface area contributed by atoms with Crippen LogP contribution in [0.4, 0.5) is 5.69 Å². The Morgan fingerprint density at radius 2 is 1.56 bits per heavy atom. The van der Waals surface area contributed by atoms with E-state index in [-0.39, 0.29) is 22.4 Å². The second kappa shape index (κ2) is 9.05. The molecular weight excluding hydrogens is 374 g/mol. The number of hydrogen-bond acceptors (Lipinski definition) is 6. The molecule has 0 aliphatic rings. The largest absolute Gasteiger partial charge is 0.493 e. The number of carbonyl (C=O) groups is 3. The molecule has 0 atom stereocenters. The van der Waals surface area contributed by atoms with Crippen molar-refractivity contribution in [3.8, 4) is 5.75 Å². The van der Waals surface area contributed by atoms with Crippen molar-refractivity contribution in [1.29, 1.82) is 0 Å². The Bertz CT molecular complexity index is 846. The van der Waals surface area contributed by atoms with Crippen molar-refractivity contribution in [2.24, 2.45) is 0 Å². The minimum Gasteiger partial charge on any atom is -0.493 e. The van der Waals surface area contributed by atoms with E-state index in [9.17, 15) is 14.4 Å². The maximum Gasteiger partial charge on any atom is 0.337 e. The first-order valence-corrected chi connectivity index (χ1v) is 8.32. The molecule has 2 aromatic rings. The summed E-state index contributed by atoms with van der Waals surface area (Å²) in [7, 11) is 2.43. The van der Waals surface area contributed by atoms with Crippen molar-refractivity contribution in [2.75, 3.05) is 26.1 Å². The van der Waals surface area contributed by atoms with E-state index in [0.717, 1.165) is 0 Å². The van der Waals surface area contributed by atoms with Crippen LogP contribution >= 0.6 is 11.6 Å². The smallest absolute Gasteiger partial charge is 0.337 e. The van der Waals surface area contributed by atoms with Gasteiger partial charge < -0.3 is 19.5 Å². The van der Waals surface area contributed by atoms with Crippen LogP contribution in [-0.4, -0.2) is 38.7 Å². The van der Waals surface area contributed by atoms with E-state index in [1.165, 1.54) is 38.5 Å². The van der Waals surface area contributed by atoms with Crippen LogP contribution in [-0.2, 0) is 9.47 Å². The van der Waals surface area contributed by atoms with Gasteiger partial charge in [-0.1, -0.05) is 11.6 Å². The van der Waals surface area contributed by atoms with Gasteiger partial charge in [0.25, 0.3) is 5.91 Å². The van der Waals surface area contributed by atoms with Gasteiger partial charge in [0.15, 0.2) is 0 Å². The summed E-state index contributed by atoms with van der Waals surface area (Å²) in [6.45, 7) is 2.16. The lowest BCUT2D eigenvalue weighted by molar-refractivity contribution is 0.0599. The second-order valence-corrected chi connectivity index (χ2v) is 5.75. The predicted octanol–water partition coefficient (Wildman–Crippen LogP) is 3.56. The predicted molar refractivity (Wildman–Crippen MR) is 99.7 cm³/mol. The third kappa shape index (κ3) is 4.98. The van der Waals surface area contributed by atoms with Crippen molar-refractivity contribution in [3.63, 3.8) is 0 Å². The Morgan fingerprint density at radius 1 is 0.963 bits per heavy atom. The second-order valence-electron chi connectivity index (χ2n) is 5.31. The number of ether oxygens (including phenoxy) is 3. The van der Waals surface area contributed by atoms with E-state index in [0.29, 0.717) is 17.4 Å². The summed E-state index contributed by atoms with van der Waals surface area (Å²) in [6, 6.07) is 8.76. The molecule has 0 bridgehead atoms. The fourth-order valence-corrected chi connectivity index (χ4v) is 2.50. The zero-order chi connectivity index (χ0) is 20.0. The van der Waals surface area contributed by atoms with E-state index in [4.69, 9.17) is 16.3 Å². The number of nitrogens with one attached hydrogen (secondary N) is 1. The maximum absolute atomic E-state index is 12.7. The Morgan fingerprint density at radius 3 is 2.07 bits per heavy atom. The average Bonchev–Trinajstić information content (AvgIpc) is 2.67. The first-order chi connectivity index (χ1) is 12.9. The molecule has 1 amide bonds. The Hall–Kier alpha value is -3.06. The molecule has 0 heterocycles. The third-order valence-corrected chi connectivity index (χ3v) is 3.75. The highest BCUT2D eigenvalue weighted by atomic mass is 35.5. The summed E-state index contributed by atoms with van der Waals surface area (Å²) in [4.78, 5) is 36.4. The zero-order valence-corrected chi connectivity index (χ0v) is 15.8. The number of amides is 1. The molecule has 1 N–H and O–H groups in total. The topological polar surface area (TPSA) is 90.9 Å². The molecule has 0 fully saturated rings. The molecule has 0 aromatic heterocycles. The van der Waals surface area contributed by atoms with Gasteiger partial charge in [-0.15, -0.1) is 0 Å². The molecule has 0 aliphatic heterocycles. The number of esters is 2. The van der Waals surface area contributed by atoms with Crippen LogP contribution < -0.4 is 10.1 Å². The average molecular weight is 392 g/mol. The molecule has 0 spiro atoms. The summed E-state index contributed by atoms with van der Waals surface area (Å²) >= 11 is 5.98. The molecule has 0 radical (unpaired) electrons. The minimum atomic E-state index is -0.658. The van der Waals surface area contributed by atoms with Crippen LogP contribution in [0.15, 0.2) is 36.4 Å². The van der Waals surface area contributed by atoms with Crippen LogP contribution in [0.2, 0.25) is 5.02 Å². The maximum atomic E-state index is 12.7. The highest BCUT2D eigenvalue weighted by Gasteiger charge is 2.17. The normalized spacial score (nSPS) is 10.1. The van der Waals surface area contributed by atoms with E-state index < -0.39 is 17.8 Å². The summed E-state index contributed by atoms with van der Waals surface area (Å²) in [6.07, 6.45) is 0. The molecule has 0 saturated heterocycles. The number of methoxy groups -OCH3 is 2. The van der Waals surface area contributed by atoms with Crippen LogP contribution in [0.1, 0.15) is 38.0 Å². The summed E-state index contributed by atoms with van der Waals surface area (Å²) in [5.74, 6) is -1.47. The molecule has 2 rings (SSSR count). The first-order valence-electron chi connectivity index (χ1n) is 7.95. The van der Waals surface area contributed by atoms with E-state index >= 15 is 0 Å².